The molecule has 19 valence electrons. The normalized spacial score (nSPS) is 4.50. The van der Waals surface area contributed by atoms with Crippen molar-refractivity contribution in [3.05, 3.63) is 0 Å². The van der Waals surface area contributed by atoms with Crippen LogP contribution in [-0.4, -0.2) is 80.0 Å². The molecule has 0 saturated carbocycles. The second-order valence-electron chi connectivity index (χ2n) is 0.0714. The average molecular weight is 364 g/mol. The molecular weight excluding hydrogens is 364 g/mol. The quantitative estimate of drug-likeness (QED) is 0.554. The van der Waals surface area contributed by atoms with E-state index in [1.165, 1.54) is 0 Å². The molecule has 3 radical (unpaired) electrons. The Hall–Kier alpha value is 3.31. The van der Waals surface area contributed by atoms with Gasteiger partial charge in [-0.1, -0.05) is 0 Å². The molecule has 0 aromatic heterocycles. The van der Waals surface area contributed by atoms with Crippen molar-refractivity contribution < 1.29 is 0 Å². The van der Waals surface area contributed by atoms with Gasteiger partial charge in [0, 0.05) is 58.2 Å². The van der Waals surface area contributed by atoms with Crippen LogP contribution in [0.15, 0.2) is 0 Å². The molecule has 0 aromatic rings. The maximum atomic E-state index is 4.96. The molecule has 0 aliphatic rings. The third-order valence-corrected chi connectivity index (χ3v) is 0. The van der Waals surface area contributed by atoms with Gasteiger partial charge in [0.15, 0.2) is 0 Å². The molecule has 0 bridgehead atoms. The fourth-order valence-corrected chi connectivity index (χ4v) is 0. The largest absolute Gasteiger partial charge is 0 e. The summed E-state index contributed by atoms with van der Waals surface area (Å²) in [7, 11) is 9.92. The maximum Gasteiger partial charge on any atom is 0 e. The zero-order valence-electron chi connectivity index (χ0n) is 2.26. The summed E-state index contributed by atoms with van der Waals surface area (Å²) in [5, 5.41) is 0. The first-order valence-electron chi connectivity index (χ1n) is 0.378. The molecule has 0 saturated heterocycles. The molecule has 0 spiro atoms. The van der Waals surface area contributed by atoms with E-state index in [1.807, 2.05) is 0 Å². The zero-order valence-corrected chi connectivity index (χ0v) is 12.6. The van der Waals surface area contributed by atoms with E-state index in [0.29, 0.717) is 0 Å². The van der Waals surface area contributed by atoms with E-state index in [9.17, 15) is 0 Å². The summed E-state index contributed by atoms with van der Waals surface area (Å²) in [6.45, 7) is 0. The van der Waals surface area contributed by atoms with Crippen molar-refractivity contribution in [2.24, 2.45) is 0 Å². The predicted molar refractivity (Wildman–Crippen MR) is 23.2 cm³/mol. The second kappa shape index (κ2) is 9.58. The molecular formula is Cl2PbRb. The summed E-state index contributed by atoms with van der Waals surface area (Å²) >= 11 is -0.972. The van der Waals surface area contributed by atoms with Crippen LogP contribution in [0.3, 0.4) is 0 Å². The SMILES string of the molecule is [Cl][Pb][Cl].[Rb]. The Morgan fingerprint density at radius 1 is 1.25 bits per heavy atom. The summed E-state index contributed by atoms with van der Waals surface area (Å²) in [5.74, 6) is 0. The summed E-state index contributed by atoms with van der Waals surface area (Å²) in [4.78, 5) is 0. The van der Waals surface area contributed by atoms with Gasteiger partial charge in [0.25, 0.3) is 0 Å². The van der Waals surface area contributed by atoms with Gasteiger partial charge in [-0.15, -0.1) is 0 Å². The number of hydrogen-bond donors (Lipinski definition) is 0. The molecule has 0 fully saturated rings. The van der Waals surface area contributed by atoms with Gasteiger partial charge in [0.2, 0.25) is 0 Å². The van der Waals surface area contributed by atoms with Gasteiger partial charge in [-0.3, -0.25) is 0 Å². The standard InChI is InChI=1S/2ClH.Pb.Rb/h2*1H;;/q;;+2;/p-2. The number of halogens is 2. The topological polar surface area (TPSA) is 0 Å². The van der Waals surface area contributed by atoms with Crippen LogP contribution in [0.2, 0.25) is 0 Å². The minimum Gasteiger partial charge on any atom is 0 e. The Morgan fingerprint density at radius 3 is 1.25 bits per heavy atom. The van der Waals surface area contributed by atoms with Crippen molar-refractivity contribution >= 4 is 96.6 Å². The van der Waals surface area contributed by atoms with Gasteiger partial charge in [0.05, 0.1) is 0 Å². The molecule has 4 heteroatoms. The van der Waals surface area contributed by atoms with Gasteiger partial charge >= 0.3 is 38.4 Å². The molecule has 0 aromatic carbocycles. The minimum absolute atomic E-state index is 0. The van der Waals surface area contributed by atoms with Crippen molar-refractivity contribution in [3.63, 3.8) is 0 Å². The van der Waals surface area contributed by atoms with Crippen molar-refractivity contribution in [3.8, 4) is 0 Å². The van der Waals surface area contributed by atoms with E-state index in [2.05, 4.69) is 0 Å². The third-order valence-electron chi connectivity index (χ3n) is 0. The maximum absolute atomic E-state index is 4.96. The van der Waals surface area contributed by atoms with Crippen molar-refractivity contribution in [1.82, 2.24) is 0 Å². The van der Waals surface area contributed by atoms with Gasteiger partial charge in [-0.25, -0.2) is 0 Å². The van der Waals surface area contributed by atoms with Gasteiger partial charge in [0.1, 0.15) is 0 Å². The first kappa shape index (κ1) is 10.3. The van der Waals surface area contributed by atoms with Crippen LogP contribution in [0.25, 0.3) is 0 Å². The second-order valence-corrected chi connectivity index (χ2v) is 5.64. The Morgan fingerprint density at radius 2 is 1.25 bits per heavy atom. The van der Waals surface area contributed by atoms with E-state index in [-0.39, 0.29) is 58.2 Å². The summed E-state index contributed by atoms with van der Waals surface area (Å²) in [6.07, 6.45) is 0. The first-order valence-corrected chi connectivity index (χ1v) is 9.95. The fraction of sp³-hybridized carbons (Fsp3) is 0. The molecule has 0 atom stereocenters. The van der Waals surface area contributed by atoms with Crippen molar-refractivity contribution in [2.75, 3.05) is 0 Å². The van der Waals surface area contributed by atoms with Crippen LogP contribution in [0.4, 0.5) is 0 Å². The smallest absolute Gasteiger partial charge is 0 e. The minimum atomic E-state index is -0.972. The van der Waals surface area contributed by atoms with E-state index in [4.69, 9.17) is 16.6 Å². The molecule has 4 heavy (non-hydrogen) atoms. The summed E-state index contributed by atoms with van der Waals surface area (Å²) < 4.78 is 0. The molecule has 0 N–H and O–H groups in total. The third kappa shape index (κ3) is 9.00. The molecule has 0 heterocycles. The van der Waals surface area contributed by atoms with Gasteiger partial charge < -0.3 is 0 Å². The number of hydrogen-bond acceptors (Lipinski definition) is 0. The van der Waals surface area contributed by atoms with Crippen LogP contribution >= 0.6 is 16.6 Å². The van der Waals surface area contributed by atoms with Crippen LogP contribution in [-0.2, 0) is 0 Å². The van der Waals surface area contributed by atoms with E-state index < -0.39 is 21.8 Å². The van der Waals surface area contributed by atoms with Crippen molar-refractivity contribution in [1.29, 1.82) is 0 Å². The Kier molecular flexibility index (Phi) is 24.7. The monoisotopic (exact) mass is 363 g/mol. The molecule has 0 rings (SSSR count). The van der Waals surface area contributed by atoms with Crippen LogP contribution in [0, 0.1) is 0 Å². The molecule has 0 nitrogen and oxygen atoms in total. The molecule has 0 unspecified atom stereocenters. The Balaban J connectivity index is 0. The Labute approximate surface area is 93.6 Å². The first-order chi connectivity index (χ1) is 1.41. The van der Waals surface area contributed by atoms with E-state index in [1.54, 1.807) is 0 Å². The van der Waals surface area contributed by atoms with Gasteiger partial charge in [-0.2, -0.15) is 0 Å². The Bertz CT molecular complexity index is 6.00. The predicted octanol–water partition coefficient (Wildman–Crippen LogP) is 0.617. The summed E-state index contributed by atoms with van der Waals surface area (Å²) in [5.41, 5.74) is 0. The van der Waals surface area contributed by atoms with Gasteiger partial charge in [-0.05, 0) is 0 Å². The van der Waals surface area contributed by atoms with E-state index in [0.717, 1.165) is 0 Å². The fourth-order valence-electron chi connectivity index (χ4n) is 0. The molecule has 0 amide bonds. The average Bonchev–Trinajstić information content (AvgIpc) is 0.918. The molecule has 0 aliphatic heterocycles. The van der Waals surface area contributed by atoms with Crippen LogP contribution in [0.1, 0.15) is 0 Å². The van der Waals surface area contributed by atoms with Crippen molar-refractivity contribution in [2.45, 2.75) is 0 Å². The molecule has 0 aliphatic carbocycles. The van der Waals surface area contributed by atoms with Crippen LogP contribution < -0.4 is 0 Å². The number of rotatable bonds is 0. The van der Waals surface area contributed by atoms with Crippen LogP contribution in [0.5, 0.6) is 0 Å². The van der Waals surface area contributed by atoms with E-state index >= 15 is 0 Å². The zero-order chi connectivity index (χ0) is 2.71. The summed E-state index contributed by atoms with van der Waals surface area (Å²) in [6, 6.07) is 0.